The molecule has 2 aromatic carbocycles. The number of aryl methyl sites for hydroxylation is 1. The van der Waals surface area contributed by atoms with Crippen molar-refractivity contribution in [3.05, 3.63) is 91.9 Å². The van der Waals surface area contributed by atoms with Gasteiger partial charge in [-0.05, 0) is 43.5 Å². The zero-order valence-corrected chi connectivity index (χ0v) is 17.7. The summed E-state index contributed by atoms with van der Waals surface area (Å²) in [5.74, 6) is 0.228. The maximum atomic E-state index is 13.4. The number of methoxy groups -OCH3 is 1. The summed E-state index contributed by atoms with van der Waals surface area (Å²) >= 11 is 0. The van der Waals surface area contributed by atoms with E-state index in [-0.39, 0.29) is 23.1 Å². The molecule has 0 N–H and O–H groups in total. The number of benzene rings is 2. The van der Waals surface area contributed by atoms with Gasteiger partial charge in [-0.2, -0.15) is 5.10 Å². The van der Waals surface area contributed by atoms with Gasteiger partial charge in [0.1, 0.15) is 11.4 Å². The molecule has 4 rings (SSSR count). The number of para-hydroxylation sites is 2. The predicted molar refractivity (Wildman–Crippen MR) is 117 cm³/mol. The molecule has 1 heterocycles. The standard InChI is InChI=1S/C23H22N4O5/c1-15-13-21(28)22(24-26(15)19-5-3-4-6-20(19)27(30)31)23(29)25(17-9-10-17)14-16-7-11-18(32-2)12-8-16/h3-8,11-13,17H,9-10,14H2,1-2H3. The van der Waals surface area contributed by atoms with Crippen LogP contribution in [-0.4, -0.2) is 38.7 Å². The van der Waals surface area contributed by atoms with Gasteiger partial charge in [0.15, 0.2) is 5.69 Å². The first kappa shape index (κ1) is 21.2. The molecule has 0 saturated heterocycles. The fraction of sp³-hybridized carbons (Fsp3) is 0.261. The molecule has 1 aromatic heterocycles. The van der Waals surface area contributed by atoms with Gasteiger partial charge >= 0.3 is 0 Å². The lowest BCUT2D eigenvalue weighted by molar-refractivity contribution is -0.384. The van der Waals surface area contributed by atoms with Crippen molar-refractivity contribution in [2.45, 2.75) is 32.4 Å². The fourth-order valence-corrected chi connectivity index (χ4v) is 3.55. The van der Waals surface area contributed by atoms with E-state index in [1.54, 1.807) is 31.1 Å². The van der Waals surface area contributed by atoms with Crippen molar-refractivity contribution >= 4 is 11.6 Å². The van der Waals surface area contributed by atoms with Crippen LogP contribution in [0.15, 0.2) is 59.4 Å². The molecule has 3 aromatic rings. The first-order chi connectivity index (χ1) is 15.4. The minimum absolute atomic E-state index is 0.0339. The van der Waals surface area contributed by atoms with Crippen LogP contribution in [0.1, 0.15) is 34.6 Å². The molecule has 1 fully saturated rings. The Morgan fingerprint density at radius 3 is 2.53 bits per heavy atom. The number of nitrogens with zero attached hydrogens (tertiary/aromatic N) is 4. The number of hydrogen-bond acceptors (Lipinski definition) is 6. The van der Waals surface area contributed by atoms with Crippen molar-refractivity contribution < 1.29 is 14.5 Å². The van der Waals surface area contributed by atoms with E-state index in [1.807, 2.05) is 24.3 Å². The van der Waals surface area contributed by atoms with Crippen molar-refractivity contribution in [3.63, 3.8) is 0 Å². The van der Waals surface area contributed by atoms with Crippen LogP contribution in [-0.2, 0) is 6.54 Å². The molecule has 0 bridgehead atoms. The summed E-state index contributed by atoms with van der Waals surface area (Å²) < 4.78 is 6.46. The number of nitro benzene ring substituents is 1. The van der Waals surface area contributed by atoms with Crippen LogP contribution in [0.4, 0.5) is 5.69 Å². The van der Waals surface area contributed by atoms with Crippen molar-refractivity contribution in [3.8, 4) is 11.4 Å². The molecule has 1 aliphatic rings. The maximum absolute atomic E-state index is 13.4. The molecule has 0 radical (unpaired) electrons. The molecular weight excluding hydrogens is 412 g/mol. The average molecular weight is 434 g/mol. The Bertz CT molecular complexity index is 1230. The average Bonchev–Trinajstić information content (AvgIpc) is 3.63. The molecule has 0 spiro atoms. The van der Waals surface area contributed by atoms with Crippen LogP contribution in [0, 0.1) is 17.0 Å². The van der Waals surface area contributed by atoms with Gasteiger partial charge in [-0.15, -0.1) is 0 Å². The molecule has 1 aliphatic carbocycles. The van der Waals surface area contributed by atoms with E-state index in [0.29, 0.717) is 18.0 Å². The number of ether oxygens (including phenoxy) is 1. The fourth-order valence-electron chi connectivity index (χ4n) is 3.55. The van der Waals surface area contributed by atoms with Crippen LogP contribution >= 0.6 is 0 Å². The van der Waals surface area contributed by atoms with E-state index in [2.05, 4.69) is 5.10 Å². The molecule has 1 amide bonds. The zero-order valence-electron chi connectivity index (χ0n) is 17.7. The predicted octanol–water partition coefficient (Wildman–Crippen LogP) is 3.26. The Kier molecular flexibility index (Phi) is 5.72. The van der Waals surface area contributed by atoms with Gasteiger partial charge in [-0.25, -0.2) is 4.68 Å². The van der Waals surface area contributed by atoms with Crippen molar-refractivity contribution in [1.29, 1.82) is 0 Å². The Morgan fingerprint density at radius 2 is 1.91 bits per heavy atom. The van der Waals surface area contributed by atoms with Crippen LogP contribution in [0.25, 0.3) is 5.69 Å². The monoisotopic (exact) mass is 434 g/mol. The Morgan fingerprint density at radius 1 is 1.22 bits per heavy atom. The van der Waals surface area contributed by atoms with E-state index in [4.69, 9.17) is 4.74 Å². The first-order valence-electron chi connectivity index (χ1n) is 10.2. The van der Waals surface area contributed by atoms with E-state index in [0.717, 1.165) is 18.4 Å². The van der Waals surface area contributed by atoms with E-state index in [1.165, 1.54) is 22.9 Å². The summed E-state index contributed by atoms with van der Waals surface area (Å²) in [7, 11) is 1.58. The number of rotatable bonds is 7. The highest BCUT2D eigenvalue weighted by Crippen LogP contribution is 2.30. The van der Waals surface area contributed by atoms with Crippen LogP contribution in [0.2, 0.25) is 0 Å². The molecule has 9 heteroatoms. The van der Waals surface area contributed by atoms with Crippen molar-refractivity contribution in [2.24, 2.45) is 0 Å². The van der Waals surface area contributed by atoms with Gasteiger partial charge in [-0.3, -0.25) is 19.7 Å². The third-order valence-corrected chi connectivity index (χ3v) is 5.38. The summed E-state index contributed by atoms with van der Waals surface area (Å²) in [6.45, 7) is 1.95. The van der Waals surface area contributed by atoms with Gasteiger partial charge in [0, 0.05) is 30.4 Å². The summed E-state index contributed by atoms with van der Waals surface area (Å²) in [5, 5.41) is 15.7. The number of hydrogen-bond donors (Lipinski definition) is 0. The number of nitro groups is 1. The third kappa shape index (κ3) is 4.22. The molecular formula is C23H22N4O5. The number of carbonyl (C=O) groups is 1. The minimum Gasteiger partial charge on any atom is -0.497 e. The SMILES string of the molecule is COc1ccc(CN(C(=O)c2nn(-c3ccccc3[N+](=O)[O-])c(C)cc2=O)C2CC2)cc1. The minimum atomic E-state index is -0.518. The van der Waals surface area contributed by atoms with Gasteiger partial charge < -0.3 is 9.64 Å². The smallest absolute Gasteiger partial charge is 0.294 e. The summed E-state index contributed by atoms with van der Waals surface area (Å²) in [5.41, 5.74) is 0.558. The lowest BCUT2D eigenvalue weighted by Crippen LogP contribution is -2.37. The topological polar surface area (TPSA) is 108 Å². The summed E-state index contributed by atoms with van der Waals surface area (Å²) in [4.78, 5) is 38.7. The number of carbonyl (C=O) groups excluding carboxylic acids is 1. The highest BCUT2D eigenvalue weighted by molar-refractivity contribution is 5.92. The number of aromatic nitrogens is 2. The van der Waals surface area contributed by atoms with Gasteiger partial charge in [0.25, 0.3) is 11.6 Å². The molecule has 164 valence electrons. The van der Waals surface area contributed by atoms with Crippen LogP contribution in [0.3, 0.4) is 0 Å². The highest BCUT2D eigenvalue weighted by atomic mass is 16.6. The molecule has 0 aliphatic heterocycles. The first-order valence-corrected chi connectivity index (χ1v) is 10.2. The lowest BCUT2D eigenvalue weighted by atomic mass is 10.2. The Balaban J connectivity index is 1.72. The Hall–Kier alpha value is -4.01. The third-order valence-electron chi connectivity index (χ3n) is 5.38. The van der Waals surface area contributed by atoms with Gasteiger partial charge in [0.2, 0.25) is 5.43 Å². The zero-order chi connectivity index (χ0) is 22.8. The highest BCUT2D eigenvalue weighted by Gasteiger charge is 2.35. The normalized spacial score (nSPS) is 12.9. The molecule has 1 saturated carbocycles. The second-order valence-electron chi connectivity index (χ2n) is 7.67. The second-order valence-corrected chi connectivity index (χ2v) is 7.67. The van der Waals surface area contributed by atoms with Crippen molar-refractivity contribution in [2.75, 3.05) is 7.11 Å². The Labute approximate surface area is 184 Å². The van der Waals surface area contributed by atoms with Crippen LogP contribution in [0.5, 0.6) is 5.75 Å². The van der Waals surface area contributed by atoms with Gasteiger partial charge in [0.05, 0.1) is 12.0 Å². The summed E-state index contributed by atoms with van der Waals surface area (Å²) in [6.07, 6.45) is 1.71. The molecule has 9 nitrogen and oxygen atoms in total. The molecule has 32 heavy (non-hydrogen) atoms. The number of amides is 1. The quantitative estimate of drug-likeness (QED) is 0.417. The van der Waals surface area contributed by atoms with Crippen LogP contribution < -0.4 is 10.2 Å². The van der Waals surface area contributed by atoms with Gasteiger partial charge in [-0.1, -0.05) is 24.3 Å². The largest absolute Gasteiger partial charge is 0.497 e. The van der Waals surface area contributed by atoms with Crippen molar-refractivity contribution in [1.82, 2.24) is 14.7 Å². The van der Waals surface area contributed by atoms with E-state index in [9.17, 15) is 19.7 Å². The van der Waals surface area contributed by atoms with E-state index >= 15 is 0 Å². The van der Waals surface area contributed by atoms with E-state index < -0.39 is 16.3 Å². The maximum Gasteiger partial charge on any atom is 0.294 e. The second kappa shape index (κ2) is 8.62. The molecule has 0 atom stereocenters. The lowest BCUT2D eigenvalue weighted by Gasteiger charge is -2.22. The summed E-state index contributed by atoms with van der Waals surface area (Å²) in [6, 6.07) is 14.8. The molecule has 0 unspecified atom stereocenters.